The molecular weight excluding hydrogens is 346 g/mol. The molecule has 9 heteroatoms. The van der Waals surface area contributed by atoms with Crippen molar-refractivity contribution in [2.75, 3.05) is 23.7 Å². The van der Waals surface area contributed by atoms with E-state index in [9.17, 15) is 9.90 Å². The number of nitrogens with zero attached hydrogens (tertiary/aromatic N) is 5. The Morgan fingerprint density at radius 1 is 1.37 bits per heavy atom. The van der Waals surface area contributed by atoms with E-state index in [0.29, 0.717) is 17.4 Å². The highest BCUT2D eigenvalue weighted by Crippen LogP contribution is 2.31. The number of aliphatic hydroxyl groups is 1. The Bertz CT molecular complexity index is 1050. The number of piperidine rings is 1. The third-order valence-electron chi connectivity index (χ3n) is 5.46. The number of aromatic amines is 1. The molecule has 144 valence electrons. The fraction of sp³-hybridized carbons (Fsp3) is 0.500. The molecule has 3 aromatic heterocycles. The number of aryl methyl sites for hydroxylation is 2. The molecule has 1 aliphatic heterocycles. The van der Waals surface area contributed by atoms with Gasteiger partial charge in [0.25, 0.3) is 5.56 Å². The minimum absolute atomic E-state index is 0.156. The van der Waals surface area contributed by atoms with Crippen LogP contribution in [-0.4, -0.2) is 48.3 Å². The van der Waals surface area contributed by atoms with Crippen LogP contribution in [0.1, 0.15) is 26.7 Å². The minimum atomic E-state index is -0.603. The molecule has 9 nitrogen and oxygen atoms in total. The molecule has 0 bridgehead atoms. The number of fused-ring (bicyclic) bond motifs is 1. The molecule has 0 radical (unpaired) electrons. The van der Waals surface area contributed by atoms with Crippen LogP contribution in [0.3, 0.4) is 0 Å². The van der Waals surface area contributed by atoms with E-state index in [1.54, 1.807) is 10.8 Å². The molecule has 27 heavy (non-hydrogen) atoms. The lowest BCUT2D eigenvalue weighted by atomic mass is 9.94. The molecule has 0 aliphatic carbocycles. The number of aromatic nitrogens is 5. The maximum Gasteiger partial charge on any atom is 0.263 e. The molecule has 4 rings (SSSR count). The molecule has 1 fully saturated rings. The van der Waals surface area contributed by atoms with Crippen molar-refractivity contribution in [2.24, 2.45) is 7.05 Å². The van der Waals surface area contributed by atoms with Gasteiger partial charge in [-0.15, -0.1) is 0 Å². The molecule has 0 amide bonds. The number of hydrogen-bond donors (Lipinski definition) is 3. The quantitative estimate of drug-likeness (QED) is 0.634. The van der Waals surface area contributed by atoms with E-state index < -0.39 is 5.60 Å². The highest BCUT2D eigenvalue weighted by atomic mass is 16.3. The van der Waals surface area contributed by atoms with Crippen LogP contribution in [0.2, 0.25) is 0 Å². The molecule has 1 aliphatic rings. The first-order valence-electron chi connectivity index (χ1n) is 9.19. The lowest BCUT2D eigenvalue weighted by Crippen LogP contribution is -2.43. The van der Waals surface area contributed by atoms with Crippen molar-refractivity contribution < 1.29 is 5.11 Å². The van der Waals surface area contributed by atoms with Crippen LogP contribution in [0.4, 0.5) is 11.6 Å². The number of pyridine rings is 1. The van der Waals surface area contributed by atoms with Gasteiger partial charge in [-0.05, 0) is 26.7 Å². The zero-order chi connectivity index (χ0) is 19.3. The monoisotopic (exact) mass is 371 g/mol. The van der Waals surface area contributed by atoms with Crippen molar-refractivity contribution in [3.05, 3.63) is 22.6 Å². The minimum Gasteiger partial charge on any atom is -0.390 e. The van der Waals surface area contributed by atoms with E-state index in [1.165, 1.54) is 0 Å². The Morgan fingerprint density at radius 3 is 2.74 bits per heavy atom. The first-order chi connectivity index (χ1) is 12.8. The topological polar surface area (TPSA) is 118 Å². The van der Waals surface area contributed by atoms with Gasteiger partial charge in [0.05, 0.1) is 16.8 Å². The number of hydrogen-bond acceptors (Lipinski definition) is 6. The van der Waals surface area contributed by atoms with Crippen molar-refractivity contribution >= 4 is 22.5 Å². The Labute approximate surface area is 156 Å². The van der Waals surface area contributed by atoms with Gasteiger partial charge in [-0.2, -0.15) is 10.2 Å². The fourth-order valence-corrected chi connectivity index (χ4v) is 3.72. The Kier molecular flexibility index (Phi) is 3.99. The first kappa shape index (κ1) is 17.6. The second-order valence-corrected chi connectivity index (χ2v) is 7.49. The standard InChI is InChI=1S/C18H25N7O2/c1-4-24-10-11(15-14(17(24)26)16(19)21-20-15)12-9-13(23(3)22-12)25-7-5-18(2,27)6-8-25/h9-10,27H,4-8H2,1-3H3,(H3,19,20,21). The fourth-order valence-electron chi connectivity index (χ4n) is 3.72. The normalized spacial score (nSPS) is 17.0. The van der Waals surface area contributed by atoms with E-state index in [0.717, 1.165) is 43.0 Å². The van der Waals surface area contributed by atoms with Crippen molar-refractivity contribution in [1.82, 2.24) is 24.5 Å². The van der Waals surface area contributed by atoms with Crippen LogP contribution in [0.15, 0.2) is 17.1 Å². The van der Waals surface area contributed by atoms with Gasteiger partial charge in [0.1, 0.15) is 11.2 Å². The van der Waals surface area contributed by atoms with E-state index in [2.05, 4.69) is 20.2 Å². The molecule has 0 saturated carbocycles. The van der Waals surface area contributed by atoms with Crippen LogP contribution in [-0.2, 0) is 13.6 Å². The van der Waals surface area contributed by atoms with Crippen LogP contribution in [0.5, 0.6) is 0 Å². The lowest BCUT2D eigenvalue weighted by molar-refractivity contribution is 0.0349. The molecule has 0 atom stereocenters. The number of anilines is 2. The summed E-state index contributed by atoms with van der Waals surface area (Å²) in [5.41, 5.74) is 7.30. The Balaban J connectivity index is 1.79. The van der Waals surface area contributed by atoms with Crippen molar-refractivity contribution in [1.29, 1.82) is 0 Å². The third-order valence-corrected chi connectivity index (χ3v) is 5.46. The number of nitrogens with two attached hydrogens (primary N) is 1. The van der Waals surface area contributed by atoms with E-state index in [1.807, 2.05) is 31.6 Å². The zero-order valence-corrected chi connectivity index (χ0v) is 15.9. The van der Waals surface area contributed by atoms with Crippen LogP contribution < -0.4 is 16.2 Å². The number of nitrogen functional groups attached to an aromatic ring is 1. The number of rotatable bonds is 3. The maximum atomic E-state index is 12.6. The van der Waals surface area contributed by atoms with Crippen LogP contribution >= 0.6 is 0 Å². The van der Waals surface area contributed by atoms with E-state index >= 15 is 0 Å². The van der Waals surface area contributed by atoms with Gasteiger partial charge >= 0.3 is 0 Å². The zero-order valence-electron chi connectivity index (χ0n) is 15.9. The van der Waals surface area contributed by atoms with Gasteiger partial charge in [0, 0.05) is 44.5 Å². The third kappa shape index (κ3) is 2.87. The predicted molar refractivity (Wildman–Crippen MR) is 105 cm³/mol. The second kappa shape index (κ2) is 6.12. The average Bonchev–Trinajstić information content (AvgIpc) is 3.19. The summed E-state index contributed by atoms with van der Waals surface area (Å²) < 4.78 is 3.46. The summed E-state index contributed by atoms with van der Waals surface area (Å²) in [6.07, 6.45) is 3.24. The van der Waals surface area contributed by atoms with Gasteiger partial charge in [-0.3, -0.25) is 14.6 Å². The summed E-state index contributed by atoms with van der Waals surface area (Å²) in [6.45, 7) is 5.87. The summed E-state index contributed by atoms with van der Waals surface area (Å²) in [5, 5.41) is 22.2. The number of nitrogens with one attached hydrogen (secondary N) is 1. The van der Waals surface area contributed by atoms with E-state index in [-0.39, 0.29) is 11.4 Å². The molecule has 1 saturated heterocycles. The number of H-pyrrole nitrogens is 1. The molecule has 3 aromatic rings. The van der Waals surface area contributed by atoms with E-state index in [4.69, 9.17) is 5.73 Å². The van der Waals surface area contributed by atoms with Gasteiger partial charge in [0.15, 0.2) is 5.82 Å². The average molecular weight is 371 g/mol. The Morgan fingerprint density at radius 2 is 2.07 bits per heavy atom. The molecule has 0 unspecified atom stereocenters. The van der Waals surface area contributed by atoms with Gasteiger partial charge in [-0.25, -0.2) is 0 Å². The second-order valence-electron chi connectivity index (χ2n) is 7.49. The molecule has 4 N–H and O–H groups in total. The lowest BCUT2D eigenvalue weighted by Gasteiger charge is -2.36. The van der Waals surface area contributed by atoms with Crippen molar-refractivity contribution in [3.8, 4) is 11.3 Å². The molecule has 0 aromatic carbocycles. The van der Waals surface area contributed by atoms with Gasteiger partial charge in [0.2, 0.25) is 0 Å². The largest absolute Gasteiger partial charge is 0.390 e. The SMILES string of the molecule is CCn1cc(-c2cc(N3CCC(C)(O)CC3)n(C)n2)c2[nH]nc(N)c2c1=O. The van der Waals surface area contributed by atoms with Crippen LogP contribution in [0.25, 0.3) is 22.2 Å². The highest BCUT2D eigenvalue weighted by molar-refractivity contribution is 5.97. The molecular formula is C18H25N7O2. The van der Waals surface area contributed by atoms with Gasteiger partial charge in [-0.1, -0.05) is 0 Å². The highest BCUT2D eigenvalue weighted by Gasteiger charge is 2.29. The summed E-state index contributed by atoms with van der Waals surface area (Å²) in [7, 11) is 1.90. The van der Waals surface area contributed by atoms with Gasteiger partial charge < -0.3 is 20.3 Å². The molecule has 4 heterocycles. The first-order valence-corrected chi connectivity index (χ1v) is 9.19. The van der Waals surface area contributed by atoms with Crippen molar-refractivity contribution in [2.45, 2.75) is 38.8 Å². The molecule has 0 spiro atoms. The summed E-state index contributed by atoms with van der Waals surface area (Å²) in [4.78, 5) is 14.8. The Hall–Kier alpha value is -2.81. The maximum absolute atomic E-state index is 12.6. The van der Waals surface area contributed by atoms with Crippen LogP contribution in [0, 0.1) is 0 Å². The smallest absolute Gasteiger partial charge is 0.263 e. The summed E-state index contributed by atoms with van der Waals surface area (Å²) in [5.74, 6) is 1.18. The summed E-state index contributed by atoms with van der Waals surface area (Å²) in [6, 6.07) is 2.01. The predicted octanol–water partition coefficient (Wildman–Crippen LogP) is 1.08. The summed E-state index contributed by atoms with van der Waals surface area (Å²) >= 11 is 0. The van der Waals surface area contributed by atoms with Crippen molar-refractivity contribution in [3.63, 3.8) is 0 Å².